The van der Waals surface area contributed by atoms with Gasteiger partial charge < -0.3 is 5.32 Å². The first-order valence-electron chi connectivity index (χ1n) is 3.03. The molecule has 1 N–H and O–H groups in total. The van der Waals surface area contributed by atoms with E-state index in [1.807, 2.05) is 0 Å². The van der Waals surface area contributed by atoms with Gasteiger partial charge in [0, 0.05) is 0 Å². The van der Waals surface area contributed by atoms with Gasteiger partial charge in [-0.05, 0) is 12.8 Å². The highest BCUT2D eigenvalue weighted by Crippen LogP contribution is 2.16. The van der Waals surface area contributed by atoms with Crippen molar-refractivity contribution in [1.29, 1.82) is 5.26 Å². The summed E-state index contributed by atoms with van der Waals surface area (Å²) in [5.41, 5.74) is 0. The van der Waals surface area contributed by atoms with Gasteiger partial charge in [-0.15, -0.1) is 0 Å². The van der Waals surface area contributed by atoms with Gasteiger partial charge in [0.15, 0.2) is 16.0 Å². The third-order valence-electron chi connectivity index (χ3n) is 1.55. The van der Waals surface area contributed by atoms with Gasteiger partial charge in [-0.1, -0.05) is 0 Å². The Kier molecular flexibility index (Phi) is 1.81. The Balaban J connectivity index is 2.72. The van der Waals surface area contributed by atoms with E-state index in [0.29, 0.717) is 12.8 Å². The summed E-state index contributed by atoms with van der Waals surface area (Å²) in [4.78, 5) is 0. The molecule has 10 heavy (non-hydrogen) atoms. The second kappa shape index (κ2) is 2.46. The minimum absolute atomic E-state index is 0.215. The van der Waals surface area contributed by atoms with Crippen LogP contribution in [-0.2, 0) is 9.84 Å². The summed E-state index contributed by atoms with van der Waals surface area (Å²) < 4.78 is 21.9. The minimum Gasteiger partial charge on any atom is -0.306 e. The normalized spacial score (nSPS) is 29.3. The van der Waals surface area contributed by atoms with Crippen molar-refractivity contribution in [3.63, 3.8) is 0 Å². The van der Waals surface area contributed by atoms with Gasteiger partial charge in [-0.25, -0.2) is 8.42 Å². The van der Waals surface area contributed by atoms with Gasteiger partial charge in [-0.3, -0.25) is 0 Å². The second-order valence-electron chi connectivity index (χ2n) is 2.25. The molecule has 0 aliphatic carbocycles. The molecule has 1 aliphatic rings. The van der Waals surface area contributed by atoms with Crippen LogP contribution < -0.4 is 5.32 Å². The Hall–Kier alpha value is -0.760. The lowest BCUT2D eigenvalue weighted by Gasteiger charge is -2.03. The highest BCUT2D eigenvalue weighted by atomic mass is 32.2. The summed E-state index contributed by atoms with van der Waals surface area (Å²) in [6.07, 6.45) is 2.87. The lowest BCUT2D eigenvalue weighted by molar-refractivity contribution is 0.582. The van der Waals surface area contributed by atoms with Crippen LogP contribution in [0.2, 0.25) is 0 Å². The molecule has 0 spiro atoms. The van der Waals surface area contributed by atoms with Crippen LogP contribution in [0, 0.1) is 11.5 Å². The fraction of sp³-hybridized carbons (Fsp3) is 0.800. The Morgan fingerprint density at radius 2 is 2.30 bits per heavy atom. The molecule has 0 aromatic carbocycles. The van der Waals surface area contributed by atoms with Crippen molar-refractivity contribution in [2.45, 2.75) is 18.2 Å². The molecule has 0 aromatic rings. The second-order valence-corrected chi connectivity index (χ2v) is 4.56. The molecule has 0 amide bonds. The molecule has 1 aliphatic heterocycles. The summed E-state index contributed by atoms with van der Waals surface area (Å²) in [6, 6.07) is 0. The number of hydrogen-bond donors (Lipinski definition) is 1. The molecular weight excluding hydrogens is 152 g/mol. The maximum absolute atomic E-state index is 10.9. The van der Waals surface area contributed by atoms with Gasteiger partial charge in [0.25, 0.3) is 0 Å². The molecule has 0 saturated carbocycles. The third-order valence-corrected chi connectivity index (χ3v) is 3.63. The maximum atomic E-state index is 10.9. The first-order valence-corrected chi connectivity index (χ1v) is 4.74. The Morgan fingerprint density at radius 3 is 2.70 bits per heavy atom. The number of hydrogen-bond acceptors (Lipinski definition) is 4. The molecule has 56 valence electrons. The highest BCUT2D eigenvalue weighted by Gasteiger charge is 2.30. The maximum Gasteiger partial charge on any atom is 0.177 e. The third kappa shape index (κ3) is 1.21. The van der Waals surface area contributed by atoms with Crippen LogP contribution in [0.1, 0.15) is 12.8 Å². The standard InChI is InChI=1S/C5H8N2O2S/c6-4-7-5-2-1-3-10(5,8)9/h5,7H,1-3H2. The van der Waals surface area contributed by atoms with Crippen molar-refractivity contribution < 1.29 is 8.42 Å². The molecule has 1 atom stereocenters. The lowest BCUT2D eigenvalue weighted by atomic mass is 10.3. The van der Waals surface area contributed by atoms with E-state index in [9.17, 15) is 8.42 Å². The molecule has 4 nitrogen and oxygen atoms in total. The summed E-state index contributed by atoms with van der Waals surface area (Å²) in [6.45, 7) is 0. The van der Waals surface area contributed by atoms with E-state index >= 15 is 0 Å². The van der Waals surface area contributed by atoms with E-state index in [0.717, 1.165) is 0 Å². The summed E-state index contributed by atoms with van der Waals surface area (Å²) in [5.74, 6) is 0.215. The van der Waals surface area contributed by atoms with Crippen LogP contribution in [0.3, 0.4) is 0 Å². The zero-order chi connectivity index (χ0) is 7.61. The van der Waals surface area contributed by atoms with E-state index < -0.39 is 15.2 Å². The Morgan fingerprint density at radius 1 is 1.60 bits per heavy atom. The molecule has 5 heteroatoms. The van der Waals surface area contributed by atoms with Crippen molar-refractivity contribution in [2.24, 2.45) is 0 Å². The van der Waals surface area contributed by atoms with E-state index in [4.69, 9.17) is 5.26 Å². The quantitative estimate of drug-likeness (QED) is 0.418. The van der Waals surface area contributed by atoms with Gasteiger partial charge in [0.2, 0.25) is 0 Å². The van der Waals surface area contributed by atoms with Crippen LogP contribution in [0.25, 0.3) is 0 Å². The number of nitriles is 1. The first kappa shape index (κ1) is 7.35. The molecule has 0 radical (unpaired) electrons. The molecule has 1 fully saturated rings. The number of nitrogens with one attached hydrogen (secondary N) is 1. The Bertz CT molecular complexity index is 251. The van der Waals surface area contributed by atoms with Crippen LogP contribution in [0.15, 0.2) is 0 Å². The topological polar surface area (TPSA) is 70.0 Å². The van der Waals surface area contributed by atoms with E-state index in [2.05, 4.69) is 5.32 Å². The van der Waals surface area contributed by atoms with Crippen LogP contribution >= 0.6 is 0 Å². The van der Waals surface area contributed by atoms with E-state index in [-0.39, 0.29) is 5.75 Å². The summed E-state index contributed by atoms with van der Waals surface area (Å²) in [5, 5.41) is 9.77. The molecule has 1 heterocycles. The zero-order valence-electron chi connectivity index (χ0n) is 5.37. The van der Waals surface area contributed by atoms with Crippen molar-refractivity contribution in [3.8, 4) is 6.19 Å². The van der Waals surface area contributed by atoms with Gasteiger partial charge in [-0.2, -0.15) is 5.26 Å². The minimum atomic E-state index is -2.98. The van der Waals surface area contributed by atoms with Crippen LogP contribution in [0.4, 0.5) is 0 Å². The molecule has 1 unspecified atom stereocenters. The fourth-order valence-corrected chi connectivity index (χ4v) is 2.64. The van der Waals surface area contributed by atoms with Crippen LogP contribution in [-0.4, -0.2) is 19.5 Å². The molecule has 1 saturated heterocycles. The van der Waals surface area contributed by atoms with Gasteiger partial charge in [0.1, 0.15) is 5.37 Å². The number of nitrogens with zero attached hydrogens (tertiary/aromatic N) is 1. The molecule has 0 bridgehead atoms. The Labute approximate surface area is 59.8 Å². The molecule has 0 aromatic heterocycles. The lowest BCUT2D eigenvalue weighted by Crippen LogP contribution is -2.29. The summed E-state index contributed by atoms with van der Waals surface area (Å²) in [7, 11) is -2.98. The van der Waals surface area contributed by atoms with E-state index in [1.54, 1.807) is 6.19 Å². The van der Waals surface area contributed by atoms with Crippen LogP contribution in [0.5, 0.6) is 0 Å². The average Bonchev–Trinajstić information content (AvgIpc) is 2.13. The first-order chi connectivity index (χ1) is 4.67. The zero-order valence-corrected chi connectivity index (χ0v) is 6.19. The molecule has 1 rings (SSSR count). The monoisotopic (exact) mass is 160 g/mol. The predicted molar refractivity (Wildman–Crippen MR) is 35.6 cm³/mol. The van der Waals surface area contributed by atoms with E-state index in [1.165, 1.54) is 0 Å². The number of rotatable bonds is 1. The van der Waals surface area contributed by atoms with Crippen molar-refractivity contribution in [2.75, 3.05) is 5.75 Å². The van der Waals surface area contributed by atoms with Crippen molar-refractivity contribution >= 4 is 9.84 Å². The average molecular weight is 160 g/mol. The smallest absolute Gasteiger partial charge is 0.177 e. The van der Waals surface area contributed by atoms with Gasteiger partial charge in [0.05, 0.1) is 5.75 Å². The van der Waals surface area contributed by atoms with Crippen molar-refractivity contribution in [1.82, 2.24) is 5.32 Å². The van der Waals surface area contributed by atoms with Crippen molar-refractivity contribution in [3.05, 3.63) is 0 Å². The SMILES string of the molecule is N#CNC1CCCS1(=O)=O. The predicted octanol–water partition coefficient (Wildman–Crippen LogP) is -0.408. The fourth-order valence-electron chi connectivity index (χ4n) is 1.03. The molecular formula is C5H8N2O2S. The number of sulfone groups is 1. The highest BCUT2D eigenvalue weighted by molar-refractivity contribution is 7.92. The summed E-state index contributed by atoms with van der Waals surface area (Å²) >= 11 is 0. The largest absolute Gasteiger partial charge is 0.306 e. The van der Waals surface area contributed by atoms with Gasteiger partial charge >= 0.3 is 0 Å².